The monoisotopic (exact) mass is 277 g/mol. The molecule has 0 aromatic carbocycles. The van der Waals surface area contributed by atoms with E-state index in [1.807, 2.05) is 13.0 Å². The average molecular weight is 277 g/mol. The maximum Gasteiger partial charge on any atom is 0.247 e. The lowest BCUT2D eigenvalue weighted by atomic mass is 10.2. The summed E-state index contributed by atoms with van der Waals surface area (Å²) in [7, 11) is 0. The molecule has 6 nitrogen and oxygen atoms in total. The molecule has 2 fully saturated rings. The third kappa shape index (κ3) is 2.47. The molecule has 1 saturated heterocycles. The number of carbonyl (C=O) groups is 2. The highest BCUT2D eigenvalue weighted by Crippen LogP contribution is 2.28. The van der Waals surface area contributed by atoms with Crippen LogP contribution in [0.15, 0.2) is 10.6 Å². The molecule has 2 amide bonds. The second-order valence-electron chi connectivity index (χ2n) is 5.61. The van der Waals surface area contributed by atoms with Crippen molar-refractivity contribution in [1.82, 2.24) is 15.4 Å². The van der Waals surface area contributed by atoms with E-state index in [0.717, 1.165) is 37.1 Å². The van der Waals surface area contributed by atoms with E-state index in [1.54, 1.807) is 0 Å². The predicted octanol–water partition coefficient (Wildman–Crippen LogP) is 1.14. The van der Waals surface area contributed by atoms with Gasteiger partial charge < -0.3 is 4.52 Å². The van der Waals surface area contributed by atoms with E-state index in [0.29, 0.717) is 6.54 Å². The van der Waals surface area contributed by atoms with Crippen LogP contribution >= 0.6 is 0 Å². The van der Waals surface area contributed by atoms with Crippen molar-refractivity contribution < 1.29 is 14.1 Å². The Hall–Kier alpha value is -1.69. The first kappa shape index (κ1) is 13.3. The molecule has 6 heteroatoms. The lowest BCUT2D eigenvalue weighted by Crippen LogP contribution is -2.42. The maximum atomic E-state index is 12.3. The molecule has 0 bridgehead atoms. The Morgan fingerprint density at radius 3 is 2.80 bits per heavy atom. The van der Waals surface area contributed by atoms with Crippen LogP contribution in [0, 0.1) is 6.92 Å². The molecule has 1 aliphatic heterocycles. The van der Waals surface area contributed by atoms with Gasteiger partial charge in [-0.2, -0.15) is 0 Å². The number of aromatic nitrogens is 1. The van der Waals surface area contributed by atoms with Gasteiger partial charge in [-0.25, -0.2) is 0 Å². The fraction of sp³-hybridized carbons (Fsp3) is 0.643. The zero-order valence-corrected chi connectivity index (χ0v) is 11.6. The van der Waals surface area contributed by atoms with E-state index in [-0.39, 0.29) is 24.3 Å². The van der Waals surface area contributed by atoms with Gasteiger partial charge in [-0.3, -0.25) is 19.8 Å². The number of hydrogen-bond donors (Lipinski definition) is 1. The number of hydrogen-bond acceptors (Lipinski definition) is 5. The predicted molar refractivity (Wildman–Crippen MR) is 70.6 cm³/mol. The standard InChI is InChI=1S/C14H19N3O3/c1-9-6-10(16-20-9)8-15-12-7-13(18)17(14(12)19)11-4-2-3-5-11/h6,11-12,15H,2-5,7-8H2,1H3. The van der Waals surface area contributed by atoms with Gasteiger partial charge in [-0.15, -0.1) is 0 Å². The molecule has 2 heterocycles. The van der Waals surface area contributed by atoms with E-state index >= 15 is 0 Å². The van der Waals surface area contributed by atoms with Crippen molar-refractivity contribution in [2.75, 3.05) is 0 Å². The zero-order chi connectivity index (χ0) is 14.1. The van der Waals surface area contributed by atoms with Gasteiger partial charge >= 0.3 is 0 Å². The van der Waals surface area contributed by atoms with Crippen molar-refractivity contribution in [3.63, 3.8) is 0 Å². The third-order valence-electron chi connectivity index (χ3n) is 4.08. The van der Waals surface area contributed by atoms with Crippen LogP contribution in [-0.4, -0.2) is 34.0 Å². The fourth-order valence-electron chi connectivity index (χ4n) is 3.09. The number of nitrogens with zero attached hydrogens (tertiary/aromatic N) is 2. The van der Waals surface area contributed by atoms with Crippen molar-refractivity contribution in [1.29, 1.82) is 0 Å². The molecule has 108 valence electrons. The molecule has 1 atom stereocenters. The molecule has 1 saturated carbocycles. The lowest BCUT2D eigenvalue weighted by molar-refractivity contribution is -0.141. The summed E-state index contributed by atoms with van der Waals surface area (Å²) < 4.78 is 4.98. The van der Waals surface area contributed by atoms with Crippen LogP contribution in [0.5, 0.6) is 0 Å². The topological polar surface area (TPSA) is 75.4 Å². The van der Waals surface area contributed by atoms with E-state index < -0.39 is 6.04 Å². The molecule has 0 radical (unpaired) electrons. The van der Waals surface area contributed by atoms with Crippen molar-refractivity contribution in [2.24, 2.45) is 0 Å². The summed E-state index contributed by atoms with van der Waals surface area (Å²) in [6, 6.07) is 1.53. The Morgan fingerprint density at radius 2 is 2.15 bits per heavy atom. The molecule has 1 unspecified atom stereocenters. The SMILES string of the molecule is Cc1cc(CNC2CC(=O)N(C3CCCC3)C2=O)no1. The van der Waals surface area contributed by atoms with Gasteiger partial charge in [-0.1, -0.05) is 18.0 Å². The molecule has 0 spiro atoms. The smallest absolute Gasteiger partial charge is 0.247 e. The Bertz CT molecular complexity index is 519. The minimum absolute atomic E-state index is 0.0456. The Balaban J connectivity index is 1.60. The van der Waals surface area contributed by atoms with Crippen LogP contribution in [0.1, 0.15) is 43.6 Å². The van der Waals surface area contributed by atoms with Crippen LogP contribution < -0.4 is 5.32 Å². The molecule has 20 heavy (non-hydrogen) atoms. The first-order chi connectivity index (χ1) is 9.65. The first-order valence-electron chi connectivity index (χ1n) is 7.16. The number of rotatable bonds is 4. The zero-order valence-electron chi connectivity index (χ0n) is 11.6. The number of imide groups is 1. The minimum Gasteiger partial charge on any atom is -0.361 e. The van der Waals surface area contributed by atoms with Crippen LogP contribution in [-0.2, 0) is 16.1 Å². The van der Waals surface area contributed by atoms with Crippen molar-refractivity contribution in [3.05, 3.63) is 17.5 Å². The molecule has 1 N–H and O–H groups in total. The molecule has 2 aliphatic rings. The average Bonchev–Trinajstić information content (AvgIpc) is 3.10. The minimum atomic E-state index is -0.417. The number of nitrogens with one attached hydrogen (secondary N) is 1. The molecule has 3 rings (SSSR count). The van der Waals surface area contributed by atoms with Gasteiger partial charge in [-0.05, 0) is 19.8 Å². The summed E-state index contributed by atoms with van der Waals surface area (Å²) in [5.74, 6) is 0.612. The number of aryl methyl sites for hydroxylation is 1. The van der Waals surface area contributed by atoms with Crippen LogP contribution in [0.25, 0.3) is 0 Å². The Morgan fingerprint density at radius 1 is 1.40 bits per heavy atom. The van der Waals surface area contributed by atoms with Crippen molar-refractivity contribution in [2.45, 2.75) is 57.7 Å². The molecule has 1 aromatic heterocycles. The Labute approximate surface area is 117 Å². The van der Waals surface area contributed by atoms with Gasteiger partial charge in [0, 0.05) is 18.7 Å². The van der Waals surface area contributed by atoms with E-state index in [1.165, 1.54) is 4.90 Å². The first-order valence-corrected chi connectivity index (χ1v) is 7.16. The number of likely N-dealkylation sites (tertiary alicyclic amines) is 1. The van der Waals surface area contributed by atoms with Gasteiger partial charge in [0.1, 0.15) is 5.76 Å². The largest absolute Gasteiger partial charge is 0.361 e. The second-order valence-corrected chi connectivity index (χ2v) is 5.61. The number of carbonyl (C=O) groups excluding carboxylic acids is 2. The summed E-state index contributed by atoms with van der Waals surface area (Å²) in [5, 5.41) is 6.98. The van der Waals surface area contributed by atoms with E-state index in [4.69, 9.17) is 4.52 Å². The lowest BCUT2D eigenvalue weighted by Gasteiger charge is -2.22. The van der Waals surface area contributed by atoms with Crippen molar-refractivity contribution in [3.8, 4) is 0 Å². The normalized spacial score (nSPS) is 24.1. The van der Waals surface area contributed by atoms with Crippen LogP contribution in [0.3, 0.4) is 0 Å². The summed E-state index contributed by atoms with van der Waals surface area (Å²) >= 11 is 0. The number of amides is 2. The van der Waals surface area contributed by atoms with Gasteiger partial charge in [0.05, 0.1) is 18.2 Å². The van der Waals surface area contributed by atoms with E-state index in [9.17, 15) is 9.59 Å². The van der Waals surface area contributed by atoms with Crippen molar-refractivity contribution >= 4 is 11.8 Å². The van der Waals surface area contributed by atoms with Crippen LogP contribution in [0.2, 0.25) is 0 Å². The highest BCUT2D eigenvalue weighted by Gasteiger charge is 2.42. The quantitative estimate of drug-likeness (QED) is 0.835. The maximum absolute atomic E-state index is 12.3. The Kier molecular flexibility index (Phi) is 3.56. The van der Waals surface area contributed by atoms with Gasteiger partial charge in [0.25, 0.3) is 0 Å². The molecule has 1 aromatic rings. The highest BCUT2D eigenvalue weighted by atomic mass is 16.5. The van der Waals surface area contributed by atoms with E-state index in [2.05, 4.69) is 10.5 Å². The van der Waals surface area contributed by atoms with Gasteiger partial charge in [0.2, 0.25) is 11.8 Å². The summed E-state index contributed by atoms with van der Waals surface area (Å²) in [4.78, 5) is 25.8. The third-order valence-corrected chi connectivity index (χ3v) is 4.08. The highest BCUT2D eigenvalue weighted by molar-refractivity contribution is 6.05. The summed E-state index contributed by atoms with van der Waals surface area (Å²) in [6.07, 6.45) is 4.38. The molecule has 1 aliphatic carbocycles. The second kappa shape index (κ2) is 5.36. The summed E-state index contributed by atoms with van der Waals surface area (Å²) in [6.45, 7) is 2.27. The van der Waals surface area contributed by atoms with Gasteiger partial charge in [0.15, 0.2) is 0 Å². The molecular formula is C14H19N3O3. The summed E-state index contributed by atoms with van der Waals surface area (Å²) in [5.41, 5.74) is 0.752. The fourth-order valence-corrected chi connectivity index (χ4v) is 3.09. The van der Waals surface area contributed by atoms with Crippen LogP contribution in [0.4, 0.5) is 0 Å². The molecular weight excluding hydrogens is 258 g/mol.